The maximum absolute atomic E-state index is 12.2. The summed E-state index contributed by atoms with van der Waals surface area (Å²) >= 11 is 6.03. The van der Waals surface area contributed by atoms with E-state index in [1.807, 2.05) is 12.1 Å². The van der Waals surface area contributed by atoms with Crippen molar-refractivity contribution in [2.24, 2.45) is 4.99 Å². The fourth-order valence-corrected chi connectivity index (χ4v) is 5.37. The molecular weight excluding hydrogens is 497 g/mol. The number of rotatable bonds is 3. The van der Waals surface area contributed by atoms with Gasteiger partial charge in [0.05, 0.1) is 10.5 Å². The van der Waals surface area contributed by atoms with Crippen LogP contribution >= 0.6 is 35.6 Å². The van der Waals surface area contributed by atoms with E-state index < -0.39 is 14.6 Å². The molecule has 0 atom stereocenters. The molecule has 0 spiro atoms. The van der Waals surface area contributed by atoms with E-state index >= 15 is 0 Å². The number of hydrogen-bond donors (Lipinski definition) is 1. The summed E-state index contributed by atoms with van der Waals surface area (Å²) < 4.78 is 23.7. The molecule has 1 aliphatic heterocycles. The van der Waals surface area contributed by atoms with Crippen molar-refractivity contribution in [3.05, 3.63) is 34.9 Å². The van der Waals surface area contributed by atoms with E-state index in [2.05, 4.69) is 27.3 Å². The summed E-state index contributed by atoms with van der Waals surface area (Å²) in [7, 11) is -1.30. The fourth-order valence-electron chi connectivity index (χ4n) is 3.88. The standard InChI is InChI=1S/C19H28ClN3O2S.HI/c1-18(2)14-23(11-12-26(18,24)25)17(21-3)22-13-19(9-4-10-19)15-5-7-16(20)8-6-15;/h5-8H,4,9-14H2,1-3H3,(H,21,22);1H. The van der Waals surface area contributed by atoms with E-state index in [0.29, 0.717) is 13.1 Å². The molecule has 2 aliphatic rings. The van der Waals surface area contributed by atoms with Gasteiger partial charge in [0.2, 0.25) is 0 Å². The van der Waals surface area contributed by atoms with Gasteiger partial charge < -0.3 is 10.2 Å². The predicted molar refractivity (Wildman–Crippen MR) is 123 cm³/mol. The summed E-state index contributed by atoms with van der Waals surface area (Å²) in [5.41, 5.74) is 1.41. The van der Waals surface area contributed by atoms with Gasteiger partial charge in [0.15, 0.2) is 15.8 Å². The minimum Gasteiger partial charge on any atom is -0.355 e. The predicted octanol–water partition coefficient (Wildman–Crippen LogP) is 3.46. The molecule has 1 aliphatic carbocycles. The summed E-state index contributed by atoms with van der Waals surface area (Å²) in [6, 6.07) is 8.12. The maximum Gasteiger partial charge on any atom is 0.193 e. The first kappa shape index (κ1) is 22.7. The third kappa shape index (κ3) is 4.56. The summed E-state index contributed by atoms with van der Waals surface area (Å²) in [6.07, 6.45) is 3.49. The van der Waals surface area contributed by atoms with Crippen LogP contribution in [0.5, 0.6) is 0 Å². The smallest absolute Gasteiger partial charge is 0.193 e. The lowest BCUT2D eigenvalue weighted by Gasteiger charge is -2.44. The molecule has 1 saturated heterocycles. The minimum atomic E-state index is -3.06. The second-order valence-electron chi connectivity index (χ2n) is 8.04. The highest BCUT2D eigenvalue weighted by molar-refractivity contribution is 14.0. The molecule has 3 rings (SSSR count). The number of hydrogen-bond acceptors (Lipinski definition) is 3. The number of nitrogens with zero attached hydrogens (tertiary/aromatic N) is 2. The van der Waals surface area contributed by atoms with Gasteiger partial charge in [0, 0.05) is 37.1 Å². The highest BCUT2D eigenvalue weighted by atomic mass is 127. The van der Waals surface area contributed by atoms with Crippen LogP contribution in [0.15, 0.2) is 29.3 Å². The SMILES string of the molecule is CN=C(NCC1(c2ccc(Cl)cc2)CCC1)N1CCS(=O)(=O)C(C)(C)C1.I. The van der Waals surface area contributed by atoms with Crippen LogP contribution in [0.1, 0.15) is 38.7 Å². The molecule has 0 radical (unpaired) electrons. The van der Waals surface area contributed by atoms with E-state index in [9.17, 15) is 8.42 Å². The van der Waals surface area contributed by atoms with Crippen molar-refractivity contribution in [3.8, 4) is 0 Å². The Kier molecular flexibility index (Phi) is 7.12. The zero-order valence-corrected chi connectivity index (χ0v) is 20.1. The molecule has 0 amide bonds. The van der Waals surface area contributed by atoms with Gasteiger partial charge in [-0.05, 0) is 44.4 Å². The highest BCUT2D eigenvalue weighted by Gasteiger charge is 2.42. The first-order valence-corrected chi connectivity index (χ1v) is 11.2. The summed E-state index contributed by atoms with van der Waals surface area (Å²) in [6.45, 7) is 5.33. The van der Waals surface area contributed by atoms with Crippen LogP contribution in [0.25, 0.3) is 0 Å². The minimum absolute atomic E-state index is 0. The lowest BCUT2D eigenvalue weighted by atomic mass is 9.64. The first-order valence-electron chi connectivity index (χ1n) is 9.13. The maximum atomic E-state index is 12.2. The van der Waals surface area contributed by atoms with Crippen molar-refractivity contribution < 1.29 is 8.42 Å². The van der Waals surface area contributed by atoms with Crippen molar-refractivity contribution >= 4 is 51.4 Å². The van der Waals surface area contributed by atoms with Crippen molar-refractivity contribution in [2.75, 3.05) is 32.4 Å². The molecule has 8 heteroatoms. The highest BCUT2D eigenvalue weighted by Crippen LogP contribution is 2.43. The van der Waals surface area contributed by atoms with Gasteiger partial charge in [0.1, 0.15) is 0 Å². The Morgan fingerprint density at radius 2 is 1.89 bits per heavy atom. The Labute approximate surface area is 184 Å². The van der Waals surface area contributed by atoms with E-state index in [1.165, 1.54) is 12.0 Å². The molecule has 0 unspecified atom stereocenters. The third-order valence-electron chi connectivity index (χ3n) is 5.91. The van der Waals surface area contributed by atoms with Gasteiger partial charge in [0.25, 0.3) is 0 Å². The van der Waals surface area contributed by atoms with Gasteiger partial charge in [-0.25, -0.2) is 8.42 Å². The molecule has 2 fully saturated rings. The Morgan fingerprint density at radius 3 is 2.37 bits per heavy atom. The summed E-state index contributed by atoms with van der Waals surface area (Å²) in [4.78, 5) is 6.47. The summed E-state index contributed by atoms with van der Waals surface area (Å²) in [5, 5.41) is 4.26. The average Bonchev–Trinajstić information content (AvgIpc) is 2.54. The Hall–Kier alpha value is -0.540. The topological polar surface area (TPSA) is 61.8 Å². The fraction of sp³-hybridized carbons (Fsp3) is 0.632. The molecule has 0 bridgehead atoms. The van der Waals surface area contributed by atoms with Crippen LogP contribution in [0.3, 0.4) is 0 Å². The van der Waals surface area contributed by atoms with Gasteiger partial charge in [-0.1, -0.05) is 30.2 Å². The van der Waals surface area contributed by atoms with Crippen LogP contribution < -0.4 is 5.32 Å². The summed E-state index contributed by atoms with van der Waals surface area (Å²) in [5.74, 6) is 0.955. The van der Waals surface area contributed by atoms with E-state index in [0.717, 1.165) is 30.4 Å². The average molecular weight is 526 g/mol. The number of benzene rings is 1. The quantitative estimate of drug-likeness (QED) is 0.373. The second-order valence-corrected chi connectivity index (χ2v) is 11.2. The second kappa shape index (κ2) is 8.45. The van der Waals surface area contributed by atoms with Crippen molar-refractivity contribution in [3.63, 3.8) is 0 Å². The lowest BCUT2D eigenvalue weighted by Crippen LogP contribution is -2.58. The van der Waals surface area contributed by atoms with Gasteiger partial charge in [-0.3, -0.25) is 4.99 Å². The van der Waals surface area contributed by atoms with Gasteiger partial charge >= 0.3 is 0 Å². The number of nitrogens with one attached hydrogen (secondary N) is 1. The van der Waals surface area contributed by atoms with Crippen LogP contribution in [-0.2, 0) is 15.3 Å². The third-order valence-corrected chi connectivity index (χ3v) is 8.69. The number of sulfone groups is 1. The van der Waals surface area contributed by atoms with Crippen LogP contribution in [-0.4, -0.2) is 56.5 Å². The number of guanidine groups is 1. The van der Waals surface area contributed by atoms with Gasteiger partial charge in [-0.15, -0.1) is 24.0 Å². The van der Waals surface area contributed by atoms with Crippen LogP contribution in [0, 0.1) is 0 Å². The molecule has 1 aromatic rings. The zero-order valence-electron chi connectivity index (χ0n) is 16.2. The van der Waals surface area contributed by atoms with Gasteiger partial charge in [-0.2, -0.15) is 0 Å². The normalized spacial score (nSPS) is 23.1. The zero-order chi connectivity index (χ0) is 19.0. The van der Waals surface area contributed by atoms with Crippen LogP contribution in [0.2, 0.25) is 5.02 Å². The molecule has 1 saturated carbocycles. The Balaban J connectivity index is 0.00000261. The molecule has 152 valence electrons. The molecular formula is C19H29ClIN3O2S. The Morgan fingerprint density at radius 1 is 1.26 bits per heavy atom. The van der Waals surface area contributed by atoms with Crippen molar-refractivity contribution in [2.45, 2.75) is 43.3 Å². The first-order chi connectivity index (χ1) is 12.2. The van der Waals surface area contributed by atoms with E-state index in [4.69, 9.17) is 11.6 Å². The van der Waals surface area contributed by atoms with Crippen LogP contribution in [0.4, 0.5) is 0 Å². The monoisotopic (exact) mass is 525 g/mol. The van der Waals surface area contributed by atoms with Crippen molar-refractivity contribution in [1.29, 1.82) is 0 Å². The molecule has 1 heterocycles. The molecule has 0 aromatic heterocycles. The Bertz CT molecular complexity index is 790. The van der Waals surface area contributed by atoms with E-state index in [1.54, 1.807) is 20.9 Å². The lowest BCUT2D eigenvalue weighted by molar-refractivity contribution is 0.239. The van der Waals surface area contributed by atoms with Crippen molar-refractivity contribution in [1.82, 2.24) is 10.2 Å². The number of aliphatic imine (C=N–C) groups is 1. The molecule has 1 aromatic carbocycles. The molecule has 1 N–H and O–H groups in total. The molecule has 5 nitrogen and oxygen atoms in total. The molecule has 27 heavy (non-hydrogen) atoms. The van der Waals surface area contributed by atoms with E-state index in [-0.39, 0.29) is 35.1 Å². The largest absolute Gasteiger partial charge is 0.355 e. The number of halogens is 2.